The van der Waals surface area contributed by atoms with E-state index in [9.17, 15) is 32.7 Å². The van der Waals surface area contributed by atoms with E-state index in [4.69, 9.17) is 4.52 Å². The number of hydrogen-bond donors (Lipinski definition) is 2. The molecule has 0 radical (unpaired) electrons. The summed E-state index contributed by atoms with van der Waals surface area (Å²) in [4.78, 5) is 41.9. The minimum absolute atomic E-state index is 0.0529. The highest BCUT2D eigenvalue weighted by atomic mass is 19.4. The van der Waals surface area contributed by atoms with Crippen LogP contribution in [0.2, 0.25) is 0 Å². The molecule has 0 aliphatic carbocycles. The number of likely N-dealkylation sites (tertiary alicyclic amines) is 1. The predicted octanol–water partition coefficient (Wildman–Crippen LogP) is 3.67. The Morgan fingerprint density at radius 2 is 1.76 bits per heavy atom. The Balaban J connectivity index is 1.22. The zero-order valence-corrected chi connectivity index (χ0v) is 22.1. The van der Waals surface area contributed by atoms with Crippen LogP contribution in [0.5, 0.6) is 0 Å². The van der Waals surface area contributed by atoms with Gasteiger partial charge in [-0.3, -0.25) is 14.4 Å². The number of amides is 3. The van der Waals surface area contributed by atoms with Crippen molar-refractivity contribution in [2.75, 3.05) is 25.0 Å². The zero-order valence-electron chi connectivity index (χ0n) is 22.1. The number of anilines is 1. The molecule has 3 amide bonds. The summed E-state index contributed by atoms with van der Waals surface area (Å²) < 4.78 is 45.3. The monoisotopic (exact) mass is 568 g/mol. The van der Waals surface area contributed by atoms with Gasteiger partial charge in [-0.1, -0.05) is 35.5 Å². The van der Waals surface area contributed by atoms with Gasteiger partial charge < -0.3 is 24.7 Å². The van der Waals surface area contributed by atoms with E-state index in [0.29, 0.717) is 49.0 Å². The normalized spacial score (nSPS) is 19.4. The fourth-order valence-corrected chi connectivity index (χ4v) is 5.95. The molecular weight excluding hydrogens is 541 g/mol. The maximum Gasteiger partial charge on any atom is 0.426 e. The van der Waals surface area contributed by atoms with Crippen molar-refractivity contribution in [1.82, 2.24) is 15.0 Å². The van der Waals surface area contributed by atoms with Gasteiger partial charge in [-0.05, 0) is 43.5 Å². The average molecular weight is 569 g/mol. The predicted molar refractivity (Wildman–Crippen MR) is 140 cm³/mol. The molecule has 1 spiro atoms. The number of benzene rings is 2. The van der Waals surface area contributed by atoms with E-state index >= 15 is 0 Å². The molecule has 41 heavy (non-hydrogen) atoms. The van der Waals surface area contributed by atoms with Gasteiger partial charge in [0.05, 0.1) is 17.7 Å². The van der Waals surface area contributed by atoms with Gasteiger partial charge in [0.25, 0.3) is 11.8 Å². The van der Waals surface area contributed by atoms with Gasteiger partial charge in [0.1, 0.15) is 0 Å². The topological polar surface area (TPSA) is 116 Å². The molecule has 1 aromatic heterocycles. The smallest absolute Gasteiger partial charge is 0.373 e. The van der Waals surface area contributed by atoms with E-state index in [-0.39, 0.29) is 37.7 Å². The van der Waals surface area contributed by atoms with Crippen molar-refractivity contribution >= 4 is 23.4 Å². The molecule has 2 N–H and O–H groups in total. The quantitative estimate of drug-likeness (QED) is 0.498. The molecule has 1 saturated heterocycles. The number of nitrogens with one attached hydrogen (secondary N) is 1. The zero-order chi connectivity index (χ0) is 29.2. The number of rotatable bonds is 3. The Morgan fingerprint density at radius 1 is 1.05 bits per heavy atom. The van der Waals surface area contributed by atoms with Gasteiger partial charge in [-0.2, -0.15) is 13.2 Å². The third kappa shape index (κ3) is 4.28. The van der Waals surface area contributed by atoms with Crippen LogP contribution in [0.25, 0.3) is 11.3 Å². The Morgan fingerprint density at radius 3 is 2.44 bits per heavy atom. The SMILES string of the molecule is CC(O)(C(=O)N1CCC2(CC1)C(=O)Nc1ccc(C(=O)N3CCc4noc(-c5ccccc5)c4C3)cc12)C(F)(F)F. The summed E-state index contributed by atoms with van der Waals surface area (Å²) in [5.41, 5.74) is -0.627. The van der Waals surface area contributed by atoms with Crippen LogP contribution >= 0.6 is 0 Å². The van der Waals surface area contributed by atoms with Crippen LogP contribution < -0.4 is 5.32 Å². The number of aliphatic hydroxyl groups is 1. The number of alkyl halides is 3. The maximum atomic E-state index is 13.7. The molecule has 0 bridgehead atoms. The number of fused-ring (bicyclic) bond motifs is 3. The number of piperidine rings is 1. The molecule has 1 fully saturated rings. The van der Waals surface area contributed by atoms with Crippen molar-refractivity contribution in [1.29, 1.82) is 0 Å². The third-order valence-electron chi connectivity index (χ3n) is 8.50. The molecule has 0 saturated carbocycles. The lowest BCUT2D eigenvalue weighted by molar-refractivity contribution is -0.250. The molecule has 1 atom stereocenters. The number of aromatic nitrogens is 1. The third-order valence-corrected chi connectivity index (χ3v) is 8.50. The second-order valence-electron chi connectivity index (χ2n) is 10.9. The van der Waals surface area contributed by atoms with E-state index in [0.717, 1.165) is 21.7 Å². The molecule has 9 nitrogen and oxygen atoms in total. The van der Waals surface area contributed by atoms with Gasteiger partial charge in [-0.15, -0.1) is 0 Å². The van der Waals surface area contributed by atoms with Crippen molar-refractivity contribution < 1.29 is 37.2 Å². The molecule has 12 heteroatoms. The van der Waals surface area contributed by atoms with Gasteiger partial charge in [-0.25, -0.2) is 0 Å². The summed E-state index contributed by atoms with van der Waals surface area (Å²) in [5.74, 6) is -1.39. The molecule has 6 rings (SSSR count). The molecule has 214 valence electrons. The maximum absolute atomic E-state index is 13.7. The summed E-state index contributed by atoms with van der Waals surface area (Å²) in [6.07, 6.45) is -4.50. The first-order valence-corrected chi connectivity index (χ1v) is 13.3. The Bertz CT molecular complexity index is 1540. The fraction of sp³-hybridized carbons (Fsp3) is 0.379. The van der Waals surface area contributed by atoms with E-state index in [1.54, 1.807) is 23.1 Å². The lowest BCUT2D eigenvalue weighted by Crippen LogP contribution is -2.59. The average Bonchev–Trinajstić information content (AvgIpc) is 3.50. The molecule has 3 aromatic rings. The summed E-state index contributed by atoms with van der Waals surface area (Å²) in [5, 5.41) is 16.9. The van der Waals surface area contributed by atoms with Crippen molar-refractivity contribution in [2.24, 2.45) is 0 Å². The Kier molecular flexibility index (Phi) is 6.22. The van der Waals surface area contributed by atoms with Gasteiger partial charge >= 0.3 is 6.18 Å². The second kappa shape index (κ2) is 9.44. The lowest BCUT2D eigenvalue weighted by Gasteiger charge is -2.40. The minimum atomic E-state index is -5.13. The van der Waals surface area contributed by atoms with E-state index in [1.807, 2.05) is 30.3 Å². The molecule has 2 aromatic carbocycles. The summed E-state index contributed by atoms with van der Waals surface area (Å²) in [7, 11) is 0. The number of hydrogen-bond acceptors (Lipinski definition) is 6. The number of carbonyl (C=O) groups is 3. The van der Waals surface area contributed by atoms with Crippen LogP contribution in [-0.2, 0) is 28.0 Å². The number of nitrogens with zero attached hydrogens (tertiary/aromatic N) is 3. The lowest BCUT2D eigenvalue weighted by atomic mass is 9.73. The molecule has 3 aliphatic heterocycles. The largest absolute Gasteiger partial charge is 0.426 e. The van der Waals surface area contributed by atoms with Crippen LogP contribution in [0.3, 0.4) is 0 Å². The van der Waals surface area contributed by atoms with E-state index < -0.39 is 23.1 Å². The van der Waals surface area contributed by atoms with E-state index in [2.05, 4.69) is 10.5 Å². The molecular formula is C29H27F3N4O5. The summed E-state index contributed by atoms with van der Waals surface area (Å²) in [6, 6.07) is 14.5. The van der Waals surface area contributed by atoms with Gasteiger partial charge in [0.15, 0.2) is 5.76 Å². The van der Waals surface area contributed by atoms with Crippen molar-refractivity contribution in [2.45, 2.75) is 49.9 Å². The van der Waals surface area contributed by atoms with Crippen LogP contribution in [0, 0.1) is 0 Å². The van der Waals surface area contributed by atoms with Crippen LogP contribution in [-0.4, -0.2) is 69.2 Å². The highest BCUT2D eigenvalue weighted by Gasteiger charge is 2.58. The van der Waals surface area contributed by atoms with E-state index in [1.165, 1.54) is 0 Å². The van der Waals surface area contributed by atoms with Gasteiger partial charge in [0.2, 0.25) is 11.5 Å². The number of carbonyl (C=O) groups excluding carboxylic acids is 3. The van der Waals surface area contributed by atoms with Crippen LogP contribution in [0.1, 0.15) is 46.9 Å². The van der Waals surface area contributed by atoms with Crippen LogP contribution in [0.15, 0.2) is 53.1 Å². The first-order chi connectivity index (χ1) is 19.4. The Labute approximate surface area is 232 Å². The molecule has 1 unspecified atom stereocenters. The standard InChI is InChI=1S/C29H27F3N4O5/c1-27(40,29(30,31)32)26(39)35-13-10-28(11-14-35)20-15-18(7-8-22(20)33-25(28)38)24(37)36-12-9-21-19(16-36)23(41-34-21)17-5-3-2-4-6-17/h2-8,15,40H,9-14,16H2,1H3,(H,33,38). The van der Waals surface area contributed by atoms with Crippen molar-refractivity contribution in [3.63, 3.8) is 0 Å². The first-order valence-electron chi connectivity index (χ1n) is 13.3. The van der Waals surface area contributed by atoms with Gasteiger partial charge in [0, 0.05) is 48.4 Å². The van der Waals surface area contributed by atoms with Crippen molar-refractivity contribution in [3.8, 4) is 11.3 Å². The molecule has 4 heterocycles. The number of halogens is 3. The Hall–Kier alpha value is -4.19. The minimum Gasteiger partial charge on any atom is -0.373 e. The van der Waals surface area contributed by atoms with Crippen molar-refractivity contribution in [3.05, 3.63) is 70.9 Å². The first kappa shape index (κ1) is 27.0. The second-order valence-corrected chi connectivity index (χ2v) is 10.9. The fourth-order valence-electron chi connectivity index (χ4n) is 5.95. The highest BCUT2D eigenvalue weighted by molar-refractivity contribution is 6.08. The summed E-state index contributed by atoms with van der Waals surface area (Å²) >= 11 is 0. The highest BCUT2D eigenvalue weighted by Crippen LogP contribution is 2.46. The molecule has 3 aliphatic rings. The summed E-state index contributed by atoms with van der Waals surface area (Å²) in [6.45, 7) is 0.863. The van der Waals surface area contributed by atoms with Crippen LogP contribution in [0.4, 0.5) is 18.9 Å².